The largest absolute Gasteiger partial charge is 0.387 e. The normalized spacial score (nSPS) is 22.8. The lowest BCUT2D eigenvalue weighted by Crippen LogP contribution is -2.29. The zero-order chi connectivity index (χ0) is 23.1. The van der Waals surface area contributed by atoms with Crippen molar-refractivity contribution in [2.24, 2.45) is 0 Å². The van der Waals surface area contributed by atoms with E-state index in [2.05, 4.69) is 51.6 Å². The molecule has 4 heterocycles. The number of nitrogens with one attached hydrogen (secondary N) is 1. The molecule has 0 spiro atoms. The van der Waals surface area contributed by atoms with Crippen LogP contribution in [0.15, 0.2) is 35.1 Å². The number of rotatable bonds is 6. The highest BCUT2D eigenvalue weighted by Gasteiger charge is 2.47. The maximum atomic E-state index is 10.7. The first-order chi connectivity index (χ1) is 15.9. The molecule has 12 nitrogen and oxygen atoms in total. The molecule has 1 fully saturated rings. The first-order valence-corrected chi connectivity index (χ1v) is 11.3. The molecule has 14 heteroatoms. The van der Waals surface area contributed by atoms with Crippen molar-refractivity contribution in [3.05, 3.63) is 51.7 Å². The maximum Gasteiger partial charge on any atom is 0.226 e. The van der Waals surface area contributed by atoms with Gasteiger partial charge >= 0.3 is 0 Å². The molecule has 0 radical (unpaired) electrons. The molecule has 4 atom stereocenters. The number of hydrogen-bond donors (Lipinski definition) is 3. The van der Waals surface area contributed by atoms with Crippen molar-refractivity contribution >= 4 is 44.5 Å². The second-order valence-corrected chi connectivity index (χ2v) is 8.67. The molecule has 0 unspecified atom stereocenters. The zero-order valence-corrected chi connectivity index (χ0v) is 19.6. The van der Waals surface area contributed by atoms with E-state index in [1.165, 1.54) is 15.7 Å². The summed E-state index contributed by atoms with van der Waals surface area (Å²) >= 11 is 9.64. The van der Waals surface area contributed by atoms with Crippen LogP contribution in [0.5, 0.6) is 0 Å². The van der Waals surface area contributed by atoms with E-state index in [1.54, 1.807) is 0 Å². The number of hydrogen-bond acceptors (Lipinski definition) is 10. The van der Waals surface area contributed by atoms with Crippen LogP contribution in [-0.4, -0.2) is 62.1 Å². The molecule has 0 saturated carbocycles. The van der Waals surface area contributed by atoms with Gasteiger partial charge in [0.25, 0.3) is 0 Å². The Kier molecular flexibility index (Phi) is 5.97. The van der Waals surface area contributed by atoms with Gasteiger partial charge in [-0.3, -0.25) is 4.57 Å². The lowest BCUT2D eigenvalue weighted by atomic mass is 10.1. The summed E-state index contributed by atoms with van der Waals surface area (Å²) in [5.74, 6) is 0.611. The average Bonchev–Trinajstić information content (AvgIpc) is 3.51. The molecule has 0 bridgehead atoms. The Morgan fingerprint density at radius 1 is 1.24 bits per heavy atom. The number of ether oxygens (including phenoxy) is 1. The fourth-order valence-electron chi connectivity index (χ4n) is 3.64. The number of tetrazole rings is 1. The summed E-state index contributed by atoms with van der Waals surface area (Å²) in [7, 11) is 0. The summed E-state index contributed by atoms with van der Waals surface area (Å²) in [4.78, 5) is 14.3. The highest BCUT2D eigenvalue weighted by Crippen LogP contribution is 2.39. The Bertz CT molecular complexity index is 1300. The molecule has 3 N–H and O–H groups in total. The van der Waals surface area contributed by atoms with Gasteiger partial charge in [-0.05, 0) is 41.4 Å². The topological polar surface area (TPSA) is 149 Å². The second-order valence-electron chi connectivity index (χ2n) is 7.41. The van der Waals surface area contributed by atoms with E-state index in [-0.39, 0.29) is 11.1 Å². The van der Waals surface area contributed by atoms with Crippen LogP contribution >= 0.6 is 27.5 Å². The summed E-state index contributed by atoms with van der Waals surface area (Å²) < 4.78 is 8.39. The van der Waals surface area contributed by atoms with Gasteiger partial charge in [-0.25, -0.2) is 4.98 Å². The number of aliphatic hydroxyl groups is 2. The van der Waals surface area contributed by atoms with Crippen LogP contribution in [0.3, 0.4) is 0 Å². The van der Waals surface area contributed by atoms with Crippen molar-refractivity contribution in [1.29, 1.82) is 0 Å². The van der Waals surface area contributed by atoms with Gasteiger partial charge in [0, 0.05) is 11.0 Å². The Morgan fingerprint density at radius 2 is 2.09 bits per heavy atom. The van der Waals surface area contributed by atoms with E-state index in [1.807, 2.05) is 31.2 Å². The van der Waals surface area contributed by atoms with E-state index in [0.29, 0.717) is 30.1 Å². The van der Waals surface area contributed by atoms with Crippen molar-refractivity contribution in [3.63, 3.8) is 0 Å². The van der Waals surface area contributed by atoms with Gasteiger partial charge in [-0.15, -0.1) is 10.2 Å². The van der Waals surface area contributed by atoms with Crippen molar-refractivity contribution in [2.45, 2.75) is 44.6 Å². The fourth-order valence-corrected chi connectivity index (χ4v) is 4.25. The number of nitrogens with zero attached hydrogens (tertiary/aromatic N) is 8. The summed E-state index contributed by atoms with van der Waals surface area (Å²) in [5, 5.41) is 36.5. The molecule has 4 aromatic rings. The van der Waals surface area contributed by atoms with Crippen molar-refractivity contribution < 1.29 is 14.9 Å². The van der Waals surface area contributed by atoms with Crippen molar-refractivity contribution in [3.8, 4) is 0 Å². The standard InChI is InChI=1S/C19H19BrClN9O3/c1-2-30-27-16(26-28-30)14-12(31)13(32)18(33-14)29-8-23-11-15(24-19(21)25-17(11)29)22-7-9-4-3-5-10(20)6-9/h3-6,8,12-14,18,31-32H,2,7H2,1H3,(H,22,24,25)/t12-,13+,14-,18+/m0/s1. The van der Waals surface area contributed by atoms with Gasteiger partial charge in [0.1, 0.15) is 12.2 Å². The number of anilines is 1. The minimum Gasteiger partial charge on any atom is -0.387 e. The number of imidazole rings is 1. The van der Waals surface area contributed by atoms with Gasteiger partial charge in [0.15, 0.2) is 29.3 Å². The Labute approximate surface area is 200 Å². The van der Waals surface area contributed by atoms with Crippen LogP contribution in [0, 0.1) is 0 Å². The number of aryl methyl sites for hydroxylation is 1. The van der Waals surface area contributed by atoms with Crippen LogP contribution < -0.4 is 5.32 Å². The highest BCUT2D eigenvalue weighted by atomic mass is 79.9. The first-order valence-electron chi connectivity index (χ1n) is 10.1. The lowest BCUT2D eigenvalue weighted by Gasteiger charge is -2.16. The third-order valence-corrected chi connectivity index (χ3v) is 5.92. The Morgan fingerprint density at radius 3 is 2.85 bits per heavy atom. The molecule has 1 saturated heterocycles. The fraction of sp³-hybridized carbons (Fsp3) is 0.368. The Balaban J connectivity index is 1.44. The smallest absolute Gasteiger partial charge is 0.226 e. The maximum absolute atomic E-state index is 10.7. The summed E-state index contributed by atoms with van der Waals surface area (Å²) in [6.07, 6.45) is -3.05. The molecular weight excluding hydrogens is 518 g/mol. The minimum absolute atomic E-state index is 0.00173. The number of fused-ring (bicyclic) bond motifs is 1. The molecule has 1 aliphatic heterocycles. The zero-order valence-electron chi connectivity index (χ0n) is 17.2. The van der Waals surface area contributed by atoms with Gasteiger partial charge < -0.3 is 20.3 Å². The molecule has 172 valence electrons. The van der Waals surface area contributed by atoms with Gasteiger partial charge in [-0.1, -0.05) is 28.1 Å². The molecule has 3 aromatic heterocycles. The SMILES string of the molecule is CCn1nnc([C@H]2O[C@@H](n3cnc4c(NCc5cccc(Br)c5)nc(Cl)nc43)[C@H](O)[C@@H]2O)n1. The Hall–Kier alpha value is -2.71. The third-order valence-electron chi connectivity index (χ3n) is 5.26. The van der Waals surface area contributed by atoms with Crippen molar-refractivity contribution in [2.75, 3.05) is 5.32 Å². The highest BCUT2D eigenvalue weighted by molar-refractivity contribution is 9.10. The van der Waals surface area contributed by atoms with Gasteiger partial charge in [0.2, 0.25) is 11.1 Å². The van der Waals surface area contributed by atoms with Crippen LogP contribution in [0.2, 0.25) is 5.28 Å². The first kappa shape index (κ1) is 22.1. The third kappa shape index (κ3) is 4.17. The van der Waals surface area contributed by atoms with Crippen LogP contribution in [0.25, 0.3) is 11.2 Å². The van der Waals surface area contributed by atoms with E-state index in [9.17, 15) is 10.2 Å². The summed E-state index contributed by atoms with van der Waals surface area (Å²) in [6, 6.07) is 7.84. The van der Waals surface area contributed by atoms with Gasteiger partial charge in [-0.2, -0.15) is 14.8 Å². The number of benzene rings is 1. The van der Waals surface area contributed by atoms with E-state index in [0.717, 1.165) is 10.0 Å². The summed E-state index contributed by atoms with van der Waals surface area (Å²) in [6.45, 7) is 2.86. The molecule has 1 aliphatic rings. The molecule has 5 rings (SSSR count). The number of aromatic nitrogens is 8. The molecule has 0 aliphatic carbocycles. The minimum atomic E-state index is -1.28. The molecule has 0 amide bonds. The van der Waals surface area contributed by atoms with Crippen molar-refractivity contribution in [1.82, 2.24) is 39.7 Å². The monoisotopic (exact) mass is 535 g/mol. The predicted octanol–water partition coefficient (Wildman–Crippen LogP) is 1.85. The van der Waals surface area contributed by atoms with E-state index < -0.39 is 24.5 Å². The quantitative estimate of drug-likeness (QED) is 0.312. The van der Waals surface area contributed by atoms with Crippen LogP contribution in [0.1, 0.15) is 30.6 Å². The van der Waals surface area contributed by atoms with Gasteiger partial charge in [0.05, 0.1) is 12.9 Å². The van der Waals surface area contributed by atoms with E-state index >= 15 is 0 Å². The lowest BCUT2D eigenvalue weighted by molar-refractivity contribution is -0.0384. The predicted molar refractivity (Wildman–Crippen MR) is 120 cm³/mol. The second kappa shape index (κ2) is 8.91. The number of aliphatic hydroxyl groups excluding tert-OH is 2. The molecule has 33 heavy (non-hydrogen) atoms. The summed E-state index contributed by atoms with van der Waals surface area (Å²) in [5.41, 5.74) is 1.81. The average molecular weight is 537 g/mol. The van der Waals surface area contributed by atoms with Crippen LogP contribution in [0.4, 0.5) is 5.82 Å². The number of halogens is 2. The van der Waals surface area contributed by atoms with E-state index in [4.69, 9.17) is 16.3 Å². The molecule has 1 aromatic carbocycles. The van der Waals surface area contributed by atoms with Crippen LogP contribution in [-0.2, 0) is 17.8 Å². The molecular formula is C19H19BrClN9O3.